The van der Waals surface area contributed by atoms with E-state index in [0.717, 1.165) is 44.2 Å². The van der Waals surface area contributed by atoms with Gasteiger partial charge in [-0.25, -0.2) is 4.39 Å². The zero-order valence-corrected chi connectivity index (χ0v) is 24.6. The van der Waals surface area contributed by atoms with Gasteiger partial charge >= 0.3 is 6.01 Å². The van der Waals surface area contributed by atoms with E-state index in [0.29, 0.717) is 42.8 Å². The zero-order chi connectivity index (χ0) is 30.1. The Bertz CT molecular complexity index is 1480. The monoisotopic (exact) mass is 587 g/mol. The Labute approximate surface area is 251 Å². The quantitative estimate of drug-likeness (QED) is 0.490. The number of amides is 2. The number of hydrogen-bond acceptors (Lipinski definition) is 8. The topological polar surface area (TPSA) is 115 Å². The Balaban J connectivity index is 1.34. The second-order valence-electron chi connectivity index (χ2n) is 12.2. The maximum Gasteiger partial charge on any atom is 0.318 e. The average molecular weight is 588 g/mol. The molecule has 1 aromatic carbocycles. The minimum absolute atomic E-state index is 0.0211. The van der Waals surface area contributed by atoms with Gasteiger partial charge in [0, 0.05) is 32.1 Å². The minimum Gasteiger partial charge on any atom is -0.463 e. The highest BCUT2D eigenvalue weighted by Crippen LogP contribution is 2.46. The van der Waals surface area contributed by atoms with E-state index >= 15 is 0 Å². The van der Waals surface area contributed by atoms with Gasteiger partial charge in [0.25, 0.3) is 5.91 Å². The maximum absolute atomic E-state index is 14.0. The van der Waals surface area contributed by atoms with E-state index in [1.165, 1.54) is 16.9 Å². The van der Waals surface area contributed by atoms with Gasteiger partial charge in [-0.15, -0.1) is 0 Å². The molecule has 1 aromatic heterocycles. The van der Waals surface area contributed by atoms with Gasteiger partial charge in [0.2, 0.25) is 5.91 Å². The maximum atomic E-state index is 14.0. The van der Waals surface area contributed by atoms with Crippen molar-refractivity contribution >= 4 is 23.3 Å². The number of aryl methyl sites for hydroxylation is 1. The fraction of sp³-hybridized carbons (Fsp3) is 0.531. The predicted octanol–water partition coefficient (Wildman–Crippen LogP) is 3.52. The van der Waals surface area contributed by atoms with Crippen molar-refractivity contribution < 1.29 is 18.7 Å². The van der Waals surface area contributed by atoms with Crippen molar-refractivity contribution in [2.75, 3.05) is 50.1 Å². The molecular formula is C32H38FN7O3. The fourth-order valence-electron chi connectivity index (χ4n) is 7.34. The Morgan fingerprint density at radius 1 is 1.23 bits per heavy atom. The Hall–Kier alpha value is -4.04. The third-order valence-electron chi connectivity index (χ3n) is 9.63. The minimum atomic E-state index is -1.05. The van der Waals surface area contributed by atoms with Crippen LogP contribution in [0.2, 0.25) is 0 Å². The largest absolute Gasteiger partial charge is 0.463 e. The number of carbonyl (C=O) groups excluding carboxylic acids is 2. The molecule has 6 rings (SSSR count). The van der Waals surface area contributed by atoms with Crippen molar-refractivity contribution in [3.05, 3.63) is 53.5 Å². The van der Waals surface area contributed by atoms with Gasteiger partial charge in [-0.05, 0) is 63.2 Å². The number of ether oxygens (including phenoxy) is 1. The van der Waals surface area contributed by atoms with Crippen molar-refractivity contribution in [1.82, 2.24) is 19.8 Å². The lowest BCUT2D eigenvalue weighted by Crippen LogP contribution is -2.56. The molecule has 11 heteroatoms. The van der Waals surface area contributed by atoms with Crippen LogP contribution in [0.4, 0.5) is 15.9 Å². The first kappa shape index (κ1) is 29.1. The van der Waals surface area contributed by atoms with E-state index in [1.54, 1.807) is 0 Å². The molecule has 3 aliphatic heterocycles. The number of piperazine rings is 1. The molecule has 1 N–H and O–H groups in total. The van der Waals surface area contributed by atoms with Crippen molar-refractivity contribution in [1.29, 1.82) is 5.26 Å². The Morgan fingerprint density at radius 3 is 2.84 bits per heavy atom. The van der Waals surface area contributed by atoms with Crippen molar-refractivity contribution in [3.63, 3.8) is 0 Å². The lowest BCUT2D eigenvalue weighted by molar-refractivity contribution is -0.131. The van der Waals surface area contributed by atoms with Crippen LogP contribution in [0, 0.1) is 11.3 Å². The average Bonchev–Trinajstić information content (AvgIpc) is 3.41. The van der Waals surface area contributed by atoms with Crippen LogP contribution in [0.15, 0.2) is 36.7 Å². The summed E-state index contributed by atoms with van der Waals surface area (Å²) in [6.07, 6.45) is 6.18. The smallest absolute Gasteiger partial charge is 0.318 e. The number of anilines is 2. The third kappa shape index (κ3) is 5.44. The first-order chi connectivity index (χ1) is 20.8. The molecule has 10 nitrogen and oxygen atoms in total. The van der Waals surface area contributed by atoms with E-state index in [-0.39, 0.29) is 31.4 Å². The molecule has 2 amide bonds. The molecule has 4 aliphatic rings. The van der Waals surface area contributed by atoms with Gasteiger partial charge in [0.1, 0.15) is 5.69 Å². The lowest BCUT2D eigenvalue weighted by Gasteiger charge is -2.44. The summed E-state index contributed by atoms with van der Waals surface area (Å²) < 4.78 is 20.0. The van der Waals surface area contributed by atoms with E-state index in [1.807, 2.05) is 17.0 Å². The number of rotatable bonds is 7. The van der Waals surface area contributed by atoms with Crippen LogP contribution >= 0.6 is 0 Å². The van der Waals surface area contributed by atoms with Crippen LogP contribution in [0.5, 0.6) is 6.01 Å². The van der Waals surface area contributed by atoms with Gasteiger partial charge in [0.15, 0.2) is 11.6 Å². The summed E-state index contributed by atoms with van der Waals surface area (Å²) >= 11 is 0. The number of nitrogens with one attached hydrogen (secondary N) is 1. The number of likely N-dealkylation sites (tertiary alicyclic amines) is 1. The molecule has 4 heterocycles. The van der Waals surface area contributed by atoms with Crippen LogP contribution in [0.1, 0.15) is 55.3 Å². The van der Waals surface area contributed by atoms with Gasteiger partial charge in [-0.2, -0.15) is 15.2 Å². The Morgan fingerprint density at radius 2 is 2.07 bits per heavy atom. The highest BCUT2D eigenvalue weighted by molar-refractivity contribution is 6.04. The summed E-state index contributed by atoms with van der Waals surface area (Å²) in [5.41, 5.74) is 2.75. The molecule has 43 heavy (non-hydrogen) atoms. The van der Waals surface area contributed by atoms with E-state index in [9.17, 15) is 19.2 Å². The normalized spacial score (nSPS) is 25.1. The first-order valence-corrected chi connectivity index (χ1v) is 15.2. The number of fused-ring (bicyclic) bond motifs is 3. The molecule has 0 radical (unpaired) electrons. The van der Waals surface area contributed by atoms with Crippen molar-refractivity contribution in [2.45, 2.75) is 68.9 Å². The number of hydrogen-bond donors (Lipinski definition) is 1. The molecule has 2 aromatic rings. The summed E-state index contributed by atoms with van der Waals surface area (Å²) in [7, 11) is 2.13. The molecule has 0 bridgehead atoms. The van der Waals surface area contributed by atoms with E-state index in [2.05, 4.69) is 42.0 Å². The first-order valence-electron chi connectivity index (χ1n) is 15.2. The van der Waals surface area contributed by atoms with E-state index in [4.69, 9.17) is 14.7 Å². The van der Waals surface area contributed by atoms with Gasteiger partial charge < -0.3 is 24.8 Å². The number of nitriles is 1. The van der Waals surface area contributed by atoms with Gasteiger partial charge in [-0.1, -0.05) is 30.8 Å². The summed E-state index contributed by atoms with van der Waals surface area (Å²) in [5.74, 6) is -1.44. The number of halogens is 1. The molecule has 226 valence electrons. The molecule has 1 aliphatic carbocycles. The second-order valence-corrected chi connectivity index (χ2v) is 12.2. The molecule has 3 atom stereocenters. The summed E-state index contributed by atoms with van der Waals surface area (Å²) in [6.45, 7) is 5.46. The van der Waals surface area contributed by atoms with Crippen molar-refractivity contribution in [3.8, 4) is 12.1 Å². The molecule has 0 saturated carbocycles. The highest BCUT2D eigenvalue weighted by Gasteiger charge is 2.48. The van der Waals surface area contributed by atoms with Crippen LogP contribution in [-0.4, -0.2) is 83.5 Å². The number of nitrogens with zero attached hydrogens (tertiary/aromatic N) is 6. The predicted molar refractivity (Wildman–Crippen MR) is 159 cm³/mol. The van der Waals surface area contributed by atoms with Gasteiger partial charge in [0.05, 0.1) is 36.2 Å². The van der Waals surface area contributed by atoms with Gasteiger partial charge in [-0.3, -0.25) is 9.59 Å². The summed E-state index contributed by atoms with van der Waals surface area (Å²) in [4.78, 5) is 41.8. The van der Waals surface area contributed by atoms with Crippen LogP contribution < -0.4 is 15.0 Å². The van der Waals surface area contributed by atoms with Crippen LogP contribution in [0.25, 0.3) is 0 Å². The molecular weight excluding hydrogens is 549 g/mol. The number of benzene rings is 1. The Kier molecular flexibility index (Phi) is 8.05. The summed E-state index contributed by atoms with van der Waals surface area (Å²) in [6, 6.07) is 10.4. The SMILES string of the molecule is C=C(F)C(=O)N1CCN(c2nc(OCCC3CCCN3C)nc3c2NC(=O)C2(CCCc4ccccc42)C3)C[C@@H]1CC#N. The summed E-state index contributed by atoms with van der Waals surface area (Å²) in [5, 5.41) is 12.7. The molecule has 1 spiro atoms. The third-order valence-corrected chi connectivity index (χ3v) is 9.63. The fourth-order valence-corrected chi connectivity index (χ4v) is 7.34. The van der Waals surface area contributed by atoms with Crippen LogP contribution in [0.3, 0.4) is 0 Å². The molecule has 2 saturated heterocycles. The standard InChI is InChI=1S/C32H38FN7O3/c1-21(33)29(41)40-17-16-39(20-24(40)11-14-34)28-27-26(35-31(37-28)43-18-12-23-9-6-15-38(23)2)19-32(30(42)36-27)13-5-8-22-7-3-4-10-25(22)32/h3-4,7,10,23-24H,1,5-6,8-9,11-13,15-20H2,2H3,(H,36,42)/t23?,24-,32?/m0/s1. The van der Waals surface area contributed by atoms with E-state index < -0.39 is 23.2 Å². The highest BCUT2D eigenvalue weighted by atomic mass is 19.1. The zero-order valence-electron chi connectivity index (χ0n) is 24.6. The number of carbonyl (C=O) groups is 2. The number of aromatic nitrogens is 2. The van der Waals surface area contributed by atoms with Crippen molar-refractivity contribution in [2.24, 2.45) is 0 Å². The second kappa shape index (κ2) is 11.9. The molecule has 2 unspecified atom stereocenters. The van der Waals surface area contributed by atoms with Crippen LogP contribution in [-0.2, 0) is 27.8 Å². The molecule has 2 fully saturated rings. The lowest BCUT2D eigenvalue weighted by atomic mass is 9.65.